The van der Waals surface area contributed by atoms with Crippen LogP contribution in [0.4, 0.5) is 0 Å². The molecule has 0 aliphatic rings. The highest BCUT2D eigenvalue weighted by Gasteiger charge is 2.25. The van der Waals surface area contributed by atoms with Crippen LogP contribution in [0.2, 0.25) is 0 Å². The van der Waals surface area contributed by atoms with E-state index < -0.39 is 0 Å². The Balaban J connectivity index is 1.61. The molecule has 0 saturated heterocycles. The predicted molar refractivity (Wildman–Crippen MR) is 174 cm³/mol. The fourth-order valence-electron chi connectivity index (χ4n) is 5.03. The van der Waals surface area contributed by atoms with Crippen LogP contribution in [0.1, 0.15) is 112 Å². The first-order chi connectivity index (χ1) is 19.0. The van der Waals surface area contributed by atoms with Gasteiger partial charge in [-0.3, -0.25) is 4.68 Å². The van der Waals surface area contributed by atoms with Crippen molar-refractivity contribution in [1.29, 1.82) is 0 Å². The SMILES string of the molecule is CC(C)(C)Cc1cccc(COCCCNC(C)(C)CCCC(C)(C)c2ccn(CCOCCNC(C)(C)C)n2)c1. The smallest absolute Gasteiger partial charge is 0.0716 e. The number of nitrogens with one attached hydrogen (secondary N) is 2. The van der Waals surface area contributed by atoms with Crippen LogP contribution in [0.5, 0.6) is 0 Å². The molecule has 0 atom stereocenters. The summed E-state index contributed by atoms with van der Waals surface area (Å²) in [4.78, 5) is 0. The Labute approximate surface area is 252 Å². The second kappa shape index (κ2) is 16.2. The van der Waals surface area contributed by atoms with Gasteiger partial charge in [-0.1, -0.05) is 65.3 Å². The maximum absolute atomic E-state index is 5.99. The van der Waals surface area contributed by atoms with Crippen LogP contribution in [-0.4, -0.2) is 53.8 Å². The van der Waals surface area contributed by atoms with Crippen molar-refractivity contribution in [1.82, 2.24) is 20.4 Å². The summed E-state index contributed by atoms with van der Waals surface area (Å²) in [6, 6.07) is 11.0. The third-order valence-electron chi connectivity index (χ3n) is 7.37. The minimum atomic E-state index is 0.0524. The van der Waals surface area contributed by atoms with Crippen LogP contribution in [0.25, 0.3) is 0 Å². The number of hydrogen-bond donors (Lipinski definition) is 2. The van der Waals surface area contributed by atoms with E-state index in [0.717, 1.165) is 65.0 Å². The Bertz CT molecular complexity index is 998. The minimum absolute atomic E-state index is 0.0524. The highest BCUT2D eigenvalue weighted by atomic mass is 16.5. The number of aromatic nitrogens is 2. The van der Waals surface area contributed by atoms with E-state index in [-0.39, 0.29) is 16.5 Å². The van der Waals surface area contributed by atoms with Gasteiger partial charge in [0.2, 0.25) is 0 Å². The van der Waals surface area contributed by atoms with Gasteiger partial charge in [-0.05, 0) is 89.5 Å². The predicted octanol–water partition coefficient (Wildman–Crippen LogP) is 7.30. The zero-order valence-corrected chi connectivity index (χ0v) is 28.2. The Kier molecular flexibility index (Phi) is 14.0. The van der Waals surface area contributed by atoms with Gasteiger partial charge in [0, 0.05) is 35.8 Å². The highest BCUT2D eigenvalue weighted by molar-refractivity contribution is 5.23. The van der Waals surface area contributed by atoms with Crippen LogP contribution in [-0.2, 0) is 34.5 Å². The molecule has 0 aliphatic carbocycles. The van der Waals surface area contributed by atoms with E-state index in [1.54, 1.807) is 0 Å². The van der Waals surface area contributed by atoms with Gasteiger partial charge < -0.3 is 20.1 Å². The van der Waals surface area contributed by atoms with Crippen molar-refractivity contribution in [2.75, 3.05) is 32.9 Å². The Hall–Kier alpha value is -1.73. The third-order valence-corrected chi connectivity index (χ3v) is 7.37. The number of hydrogen-bond acceptors (Lipinski definition) is 5. The molecule has 0 aliphatic heterocycles. The van der Waals surface area contributed by atoms with Crippen LogP contribution >= 0.6 is 0 Å². The molecular formula is C35H62N4O2. The summed E-state index contributed by atoms with van der Waals surface area (Å²) in [5, 5.41) is 12.1. The summed E-state index contributed by atoms with van der Waals surface area (Å²) in [5.74, 6) is 0. The summed E-state index contributed by atoms with van der Waals surface area (Å²) >= 11 is 0. The van der Waals surface area contributed by atoms with E-state index in [9.17, 15) is 0 Å². The van der Waals surface area contributed by atoms with Gasteiger partial charge in [-0.2, -0.15) is 5.10 Å². The summed E-state index contributed by atoms with van der Waals surface area (Å²) in [6.07, 6.45) is 7.60. The molecule has 0 bridgehead atoms. The molecule has 2 rings (SSSR count). The monoisotopic (exact) mass is 570 g/mol. The fraction of sp³-hybridized carbons (Fsp3) is 0.743. The average molecular weight is 571 g/mol. The Morgan fingerprint density at radius 2 is 1.49 bits per heavy atom. The zero-order valence-electron chi connectivity index (χ0n) is 28.2. The van der Waals surface area contributed by atoms with E-state index in [0.29, 0.717) is 18.6 Å². The van der Waals surface area contributed by atoms with Gasteiger partial charge in [0.05, 0.1) is 32.1 Å². The quantitative estimate of drug-likeness (QED) is 0.174. The Morgan fingerprint density at radius 1 is 0.756 bits per heavy atom. The van der Waals surface area contributed by atoms with Crippen LogP contribution in [0, 0.1) is 5.41 Å². The second-order valence-corrected chi connectivity index (χ2v) is 15.3. The minimum Gasteiger partial charge on any atom is -0.378 e. The fourth-order valence-corrected chi connectivity index (χ4v) is 5.03. The van der Waals surface area contributed by atoms with Crippen molar-refractivity contribution in [2.24, 2.45) is 5.41 Å². The molecule has 2 aromatic rings. The highest BCUT2D eigenvalue weighted by Crippen LogP contribution is 2.29. The average Bonchev–Trinajstić information content (AvgIpc) is 3.32. The summed E-state index contributed by atoms with van der Waals surface area (Å²) < 4.78 is 13.8. The summed E-state index contributed by atoms with van der Waals surface area (Å²) in [5.41, 5.74) is 4.42. The van der Waals surface area contributed by atoms with E-state index >= 15 is 0 Å². The molecule has 6 heteroatoms. The maximum Gasteiger partial charge on any atom is 0.0716 e. The standard InChI is InChI=1S/C35H62N4O2/c1-32(2,3)27-29-14-11-15-30(26-29)28-41-23-13-19-37-35(9,10)18-12-17-34(7,8)31-16-21-39(38-31)22-25-40-24-20-36-33(4,5)6/h11,14-16,21,26,36-37H,12-13,17-20,22-25,27-28H2,1-10H3. The van der Waals surface area contributed by atoms with Crippen molar-refractivity contribution < 1.29 is 9.47 Å². The molecule has 0 radical (unpaired) electrons. The van der Waals surface area contributed by atoms with Gasteiger partial charge >= 0.3 is 0 Å². The Morgan fingerprint density at radius 3 is 2.20 bits per heavy atom. The molecule has 6 nitrogen and oxygen atoms in total. The molecule has 0 spiro atoms. The van der Waals surface area contributed by atoms with Crippen LogP contribution < -0.4 is 10.6 Å². The van der Waals surface area contributed by atoms with Crippen molar-refractivity contribution in [3.63, 3.8) is 0 Å². The van der Waals surface area contributed by atoms with E-state index in [2.05, 4.69) is 116 Å². The van der Waals surface area contributed by atoms with Gasteiger partial charge in [0.15, 0.2) is 0 Å². The first-order valence-electron chi connectivity index (χ1n) is 15.8. The van der Waals surface area contributed by atoms with Gasteiger partial charge in [-0.15, -0.1) is 0 Å². The molecule has 0 unspecified atom stereocenters. The van der Waals surface area contributed by atoms with Gasteiger partial charge in [0.1, 0.15) is 0 Å². The van der Waals surface area contributed by atoms with E-state index in [1.165, 1.54) is 16.8 Å². The molecular weight excluding hydrogens is 508 g/mol. The molecule has 0 saturated carbocycles. The van der Waals surface area contributed by atoms with Gasteiger partial charge in [-0.25, -0.2) is 0 Å². The van der Waals surface area contributed by atoms with Crippen molar-refractivity contribution in [3.05, 3.63) is 53.3 Å². The largest absolute Gasteiger partial charge is 0.378 e. The lowest BCUT2D eigenvalue weighted by Crippen LogP contribution is -2.40. The van der Waals surface area contributed by atoms with Crippen LogP contribution in [0.15, 0.2) is 36.5 Å². The molecule has 1 heterocycles. The summed E-state index contributed by atoms with van der Waals surface area (Å²) in [7, 11) is 0. The van der Waals surface area contributed by atoms with Crippen molar-refractivity contribution >= 4 is 0 Å². The lowest BCUT2D eigenvalue weighted by molar-refractivity contribution is 0.116. The lowest BCUT2D eigenvalue weighted by atomic mass is 9.82. The molecule has 0 fully saturated rings. The summed E-state index contributed by atoms with van der Waals surface area (Å²) in [6.45, 7) is 28.1. The third kappa shape index (κ3) is 15.9. The first-order valence-corrected chi connectivity index (χ1v) is 15.8. The van der Waals surface area contributed by atoms with Crippen LogP contribution in [0.3, 0.4) is 0 Å². The maximum atomic E-state index is 5.99. The molecule has 1 aromatic carbocycles. The lowest BCUT2D eigenvalue weighted by Gasteiger charge is -2.29. The molecule has 0 amide bonds. The van der Waals surface area contributed by atoms with Crippen molar-refractivity contribution in [3.8, 4) is 0 Å². The molecule has 234 valence electrons. The number of ether oxygens (including phenoxy) is 2. The normalized spacial score (nSPS) is 13.2. The van der Waals surface area contributed by atoms with E-state index in [4.69, 9.17) is 14.6 Å². The van der Waals surface area contributed by atoms with E-state index in [1.807, 2.05) is 4.68 Å². The number of rotatable bonds is 19. The number of benzene rings is 1. The molecule has 2 N–H and O–H groups in total. The zero-order chi connectivity index (χ0) is 30.6. The van der Waals surface area contributed by atoms with Crippen molar-refractivity contribution in [2.45, 2.75) is 131 Å². The van der Waals surface area contributed by atoms with Gasteiger partial charge in [0.25, 0.3) is 0 Å². The first kappa shape index (κ1) is 35.5. The second-order valence-electron chi connectivity index (χ2n) is 15.3. The molecule has 1 aromatic heterocycles. The number of nitrogens with zero attached hydrogens (tertiary/aromatic N) is 2. The topological polar surface area (TPSA) is 60.3 Å². The molecule has 41 heavy (non-hydrogen) atoms.